The largest absolute Gasteiger partial charge is 0.496 e. The first kappa shape index (κ1) is 30.5. The molecule has 12 heteroatoms. The van der Waals surface area contributed by atoms with Crippen molar-refractivity contribution in [2.24, 2.45) is 5.92 Å². The highest BCUT2D eigenvalue weighted by Crippen LogP contribution is 2.25. The fraction of sp³-hybridized carbons (Fsp3) is 0.385. The molecule has 0 heterocycles. The summed E-state index contributed by atoms with van der Waals surface area (Å²) in [5.74, 6) is -1.15. The maximum Gasteiger partial charge on any atom is 0.322 e. The number of methoxy groups -OCH3 is 1. The van der Waals surface area contributed by atoms with E-state index in [1.807, 2.05) is 18.2 Å². The van der Waals surface area contributed by atoms with E-state index in [1.54, 1.807) is 26.0 Å². The molecule has 0 unspecified atom stereocenters. The van der Waals surface area contributed by atoms with Gasteiger partial charge in [-0.25, -0.2) is 8.42 Å². The summed E-state index contributed by atoms with van der Waals surface area (Å²) in [5.41, 5.74) is 0.475. The van der Waals surface area contributed by atoms with Crippen molar-refractivity contribution in [2.45, 2.75) is 44.0 Å². The van der Waals surface area contributed by atoms with Gasteiger partial charge in [-0.1, -0.05) is 32.0 Å². The van der Waals surface area contributed by atoms with Crippen molar-refractivity contribution in [3.05, 3.63) is 70.3 Å². The van der Waals surface area contributed by atoms with Gasteiger partial charge in [0.15, 0.2) is 0 Å². The smallest absolute Gasteiger partial charge is 0.322 e. The number of carbonyl (C=O) groups is 2. The number of non-ortho nitro benzene ring substituents is 1. The highest BCUT2D eigenvalue weighted by atomic mass is 32.2. The highest BCUT2D eigenvalue weighted by molar-refractivity contribution is 7.89. The second-order valence-corrected chi connectivity index (χ2v) is 10.8. The number of carbonyl (C=O) groups excluding carboxylic acids is 1. The Balaban J connectivity index is 2.02. The third-order valence-corrected chi connectivity index (χ3v) is 7.48. The van der Waals surface area contributed by atoms with Crippen LogP contribution in [0.1, 0.15) is 38.7 Å². The van der Waals surface area contributed by atoms with Gasteiger partial charge in [0.25, 0.3) is 5.69 Å². The number of nitro benzene ring substituents is 1. The molecule has 2 N–H and O–H groups in total. The molecule has 0 aliphatic rings. The summed E-state index contributed by atoms with van der Waals surface area (Å²) in [6.45, 7) is 3.78. The molecule has 0 radical (unpaired) electrons. The number of sulfonamides is 1. The maximum atomic E-state index is 13.3. The van der Waals surface area contributed by atoms with Crippen LogP contribution in [0.4, 0.5) is 5.69 Å². The zero-order chi connectivity index (χ0) is 28.3. The van der Waals surface area contributed by atoms with Crippen LogP contribution in [0.15, 0.2) is 59.5 Å². The van der Waals surface area contributed by atoms with E-state index >= 15 is 0 Å². The molecule has 11 nitrogen and oxygen atoms in total. The molecule has 0 aliphatic carbocycles. The highest BCUT2D eigenvalue weighted by Gasteiger charge is 2.36. The fourth-order valence-corrected chi connectivity index (χ4v) is 5.50. The number of para-hydroxylation sites is 1. The normalized spacial score (nSPS) is 12.6. The Kier molecular flexibility index (Phi) is 11.4. The van der Waals surface area contributed by atoms with Crippen LogP contribution in [0, 0.1) is 16.0 Å². The summed E-state index contributed by atoms with van der Waals surface area (Å²) in [6.07, 6.45) is 3.81. The molecule has 0 saturated carbocycles. The predicted molar refractivity (Wildman–Crippen MR) is 142 cm³/mol. The van der Waals surface area contributed by atoms with Crippen molar-refractivity contribution in [2.75, 3.05) is 20.2 Å². The molecule has 0 bridgehead atoms. The van der Waals surface area contributed by atoms with Crippen LogP contribution in [0.2, 0.25) is 0 Å². The molecule has 206 valence electrons. The average Bonchev–Trinajstić information content (AvgIpc) is 2.88. The minimum absolute atomic E-state index is 0.0290. The monoisotopic (exact) mass is 547 g/mol. The van der Waals surface area contributed by atoms with Crippen molar-refractivity contribution in [1.29, 1.82) is 0 Å². The van der Waals surface area contributed by atoms with Gasteiger partial charge in [0, 0.05) is 36.9 Å². The number of hydrogen-bond donors (Lipinski definition) is 2. The van der Waals surface area contributed by atoms with Gasteiger partial charge in [0.2, 0.25) is 15.9 Å². The molecule has 0 saturated heterocycles. The lowest BCUT2D eigenvalue weighted by atomic mass is 10.1. The van der Waals surface area contributed by atoms with E-state index in [0.29, 0.717) is 18.6 Å². The molecular formula is C26H33N3O8S. The second-order valence-electron chi connectivity index (χ2n) is 8.94. The van der Waals surface area contributed by atoms with E-state index in [0.717, 1.165) is 34.1 Å². The molecule has 38 heavy (non-hydrogen) atoms. The van der Waals surface area contributed by atoms with E-state index in [9.17, 15) is 33.2 Å². The van der Waals surface area contributed by atoms with Crippen LogP contribution in [0.5, 0.6) is 5.75 Å². The Morgan fingerprint density at radius 1 is 1.13 bits per heavy atom. The van der Waals surface area contributed by atoms with E-state index < -0.39 is 27.0 Å². The Labute approximate surface area is 222 Å². The molecule has 2 rings (SSSR count). The molecule has 0 fully saturated rings. The number of hydrogen-bond acceptors (Lipinski definition) is 7. The Hall–Kier alpha value is -3.77. The molecule has 2 aromatic carbocycles. The number of ether oxygens (including phenoxy) is 1. The van der Waals surface area contributed by atoms with Crippen LogP contribution in [-0.2, 0) is 19.6 Å². The van der Waals surface area contributed by atoms with Gasteiger partial charge in [-0.15, -0.1) is 0 Å². The molecular weight excluding hydrogens is 514 g/mol. The third-order valence-electron chi connectivity index (χ3n) is 5.59. The zero-order valence-corrected chi connectivity index (χ0v) is 22.4. The van der Waals surface area contributed by atoms with E-state index in [4.69, 9.17) is 4.74 Å². The molecule has 0 aliphatic heterocycles. The van der Waals surface area contributed by atoms with Crippen LogP contribution < -0.4 is 10.1 Å². The number of carboxylic acids is 1. The number of rotatable bonds is 15. The summed E-state index contributed by atoms with van der Waals surface area (Å²) in [6, 6.07) is 10.2. The SMILES string of the molecule is COc1ccccc1/C=C/C(=O)NCCCC[C@@H](C(=O)O)N(CC(C)C)S(=O)(=O)c1ccc([N+](=O)[O-])cc1. The van der Waals surface area contributed by atoms with Gasteiger partial charge < -0.3 is 15.2 Å². The number of nitrogens with one attached hydrogen (secondary N) is 1. The summed E-state index contributed by atoms with van der Waals surface area (Å²) in [4.78, 5) is 34.3. The quantitative estimate of drug-likeness (QED) is 0.148. The Morgan fingerprint density at radius 3 is 2.37 bits per heavy atom. The van der Waals surface area contributed by atoms with Crippen LogP contribution in [0.25, 0.3) is 6.08 Å². The lowest BCUT2D eigenvalue weighted by molar-refractivity contribution is -0.384. The van der Waals surface area contributed by atoms with Gasteiger partial charge in [0.1, 0.15) is 11.8 Å². The zero-order valence-electron chi connectivity index (χ0n) is 21.6. The Bertz CT molecular complexity index is 1240. The summed E-state index contributed by atoms with van der Waals surface area (Å²) in [5, 5.41) is 23.5. The minimum Gasteiger partial charge on any atom is -0.496 e. The van der Waals surface area contributed by atoms with Crippen molar-refractivity contribution < 1.29 is 32.8 Å². The molecule has 0 spiro atoms. The topological polar surface area (TPSA) is 156 Å². The number of nitrogens with zero attached hydrogens (tertiary/aromatic N) is 2. The third kappa shape index (κ3) is 8.67. The number of aliphatic carboxylic acids is 1. The van der Waals surface area contributed by atoms with Gasteiger partial charge in [-0.05, 0) is 49.5 Å². The predicted octanol–water partition coefficient (Wildman–Crippen LogP) is 3.70. The van der Waals surface area contributed by atoms with Gasteiger partial charge in [-0.2, -0.15) is 4.31 Å². The van der Waals surface area contributed by atoms with Gasteiger partial charge in [0.05, 0.1) is 16.9 Å². The first-order valence-corrected chi connectivity index (χ1v) is 13.5. The number of amides is 1. The van der Waals surface area contributed by atoms with Crippen LogP contribution in [0.3, 0.4) is 0 Å². The molecule has 1 atom stereocenters. The lowest BCUT2D eigenvalue weighted by Crippen LogP contribution is -2.46. The maximum absolute atomic E-state index is 13.3. The number of carboxylic acid groups (broad SMARTS) is 1. The van der Waals surface area contributed by atoms with E-state index in [1.165, 1.54) is 13.2 Å². The standard InChI is InChI=1S/C26H33N3O8S/c1-19(2)18-28(38(35,36)22-14-12-21(13-15-22)29(33)34)23(26(31)32)9-6-7-17-27-25(30)16-11-20-8-4-5-10-24(20)37-3/h4-5,8,10-16,19,23H,6-7,9,17-18H2,1-3H3,(H,27,30)(H,31,32)/b16-11+/t23-/m0/s1. The number of unbranched alkanes of at least 4 members (excludes halogenated alkanes) is 1. The van der Waals surface area contributed by atoms with Crippen LogP contribution in [-0.4, -0.2) is 60.9 Å². The molecule has 1 amide bonds. The molecule has 2 aromatic rings. The fourth-order valence-electron chi connectivity index (χ4n) is 3.72. The van der Waals surface area contributed by atoms with Crippen molar-refractivity contribution in [3.8, 4) is 5.75 Å². The van der Waals surface area contributed by atoms with Gasteiger partial charge in [-0.3, -0.25) is 19.7 Å². The van der Waals surface area contributed by atoms with E-state index in [2.05, 4.69) is 5.32 Å². The summed E-state index contributed by atoms with van der Waals surface area (Å²) < 4.78 is 32.8. The van der Waals surface area contributed by atoms with Gasteiger partial charge >= 0.3 is 5.97 Å². The first-order chi connectivity index (χ1) is 18.0. The molecule has 0 aromatic heterocycles. The lowest BCUT2D eigenvalue weighted by Gasteiger charge is -2.29. The van der Waals surface area contributed by atoms with Crippen molar-refractivity contribution >= 4 is 33.7 Å². The first-order valence-electron chi connectivity index (χ1n) is 12.1. The van der Waals surface area contributed by atoms with Crippen molar-refractivity contribution in [3.63, 3.8) is 0 Å². The van der Waals surface area contributed by atoms with E-state index in [-0.39, 0.29) is 41.9 Å². The average molecular weight is 548 g/mol. The Morgan fingerprint density at radius 2 is 1.79 bits per heavy atom. The number of benzene rings is 2. The second kappa shape index (κ2) is 14.2. The minimum atomic E-state index is -4.24. The summed E-state index contributed by atoms with van der Waals surface area (Å²) >= 11 is 0. The summed E-state index contributed by atoms with van der Waals surface area (Å²) in [7, 11) is -2.70. The van der Waals surface area contributed by atoms with Crippen molar-refractivity contribution in [1.82, 2.24) is 9.62 Å². The van der Waals surface area contributed by atoms with Crippen LogP contribution >= 0.6 is 0 Å². The number of nitro groups is 1.